The molecule has 0 radical (unpaired) electrons. The van der Waals surface area contributed by atoms with E-state index >= 15 is 0 Å². The summed E-state index contributed by atoms with van der Waals surface area (Å²) in [6, 6.07) is 11.9. The monoisotopic (exact) mass is 465 g/mol. The van der Waals surface area contributed by atoms with Gasteiger partial charge < -0.3 is 28.6 Å². The van der Waals surface area contributed by atoms with Gasteiger partial charge in [0.15, 0.2) is 23.0 Å². The number of rotatable bonds is 3. The molecule has 1 amide bonds. The molecule has 9 nitrogen and oxygen atoms in total. The quantitative estimate of drug-likeness (QED) is 0.680. The first-order valence-corrected chi connectivity index (χ1v) is 11.7. The van der Waals surface area contributed by atoms with Gasteiger partial charge in [0.25, 0.3) is 0 Å². The minimum atomic E-state index is -0.673. The van der Waals surface area contributed by atoms with Gasteiger partial charge >= 0.3 is 6.09 Å². The van der Waals surface area contributed by atoms with Crippen LogP contribution in [0.25, 0.3) is 0 Å². The Morgan fingerprint density at radius 1 is 1.18 bits per heavy atom. The smallest absolute Gasteiger partial charge is 0.409 e. The van der Waals surface area contributed by atoms with E-state index in [4.69, 9.17) is 28.8 Å². The highest BCUT2D eigenvalue weighted by atomic mass is 16.7. The van der Waals surface area contributed by atoms with Crippen LogP contribution in [0.15, 0.2) is 41.5 Å². The minimum Gasteiger partial charge on any atom is -0.493 e. The van der Waals surface area contributed by atoms with Gasteiger partial charge in [-0.15, -0.1) is 0 Å². The number of carbonyl (C=O) groups is 1. The fourth-order valence-corrected chi connectivity index (χ4v) is 5.27. The molecule has 4 aliphatic heterocycles. The van der Waals surface area contributed by atoms with Crippen LogP contribution in [0.4, 0.5) is 4.79 Å². The minimum absolute atomic E-state index is 0.00779. The number of ether oxygens (including phenoxy) is 5. The number of nitrogens with zero attached hydrogens (tertiary/aromatic N) is 3. The first-order valence-electron chi connectivity index (χ1n) is 11.7. The lowest BCUT2D eigenvalue weighted by Gasteiger charge is -2.51. The van der Waals surface area contributed by atoms with E-state index in [9.17, 15) is 4.79 Å². The lowest BCUT2D eigenvalue weighted by atomic mass is 9.90. The summed E-state index contributed by atoms with van der Waals surface area (Å²) in [6.45, 7) is 3.47. The van der Waals surface area contributed by atoms with Crippen molar-refractivity contribution in [3.63, 3.8) is 0 Å². The zero-order valence-electron chi connectivity index (χ0n) is 19.3. The second-order valence-corrected chi connectivity index (χ2v) is 8.79. The molecular weight excluding hydrogens is 438 g/mol. The molecular formula is C25H27N3O6. The SMILES string of the molecule is CCOC(=O)N1CCC2(CC1)Oc1c(OC)cccc1C1CC(c3ccc4c(c3)OCO4)=NN12. The summed E-state index contributed by atoms with van der Waals surface area (Å²) < 4.78 is 28.6. The number of hydrazone groups is 1. The van der Waals surface area contributed by atoms with Crippen molar-refractivity contribution in [2.45, 2.75) is 38.0 Å². The fraction of sp³-hybridized carbons (Fsp3) is 0.440. The molecule has 2 aromatic carbocycles. The number of para-hydroxylation sites is 1. The molecule has 4 aliphatic rings. The van der Waals surface area contributed by atoms with E-state index < -0.39 is 5.72 Å². The Kier molecular flexibility index (Phi) is 4.93. The Balaban J connectivity index is 1.37. The predicted molar refractivity (Wildman–Crippen MR) is 122 cm³/mol. The van der Waals surface area contributed by atoms with Crippen LogP contribution in [-0.2, 0) is 4.74 Å². The highest BCUT2D eigenvalue weighted by molar-refractivity contribution is 6.02. The third kappa shape index (κ3) is 3.21. The number of benzene rings is 2. The summed E-state index contributed by atoms with van der Waals surface area (Å²) in [7, 11) is 1.66. The van der Waals surface area contributed by atoms with Crippen LogP contribution in [0.3, 0.4) is 0 Å². The van der Waals surface area contributed by atoms with Crippen LogP contribution < -0.4 is 18.9 Å². The van der Waals surface area contributed by atoms with Crippen molar-refractivity contribution in [3.8, 4) is 23.0 Å². The van der Waals surface area contributed by atoms with E-state index in [1.54, 1.807) is 12.0 Å². The standard InChI is InChI=1S/C25H27N3O6/c1-3-31-24(29)27-11-9-25(10-12-27)28-19(17-5-4-6-21(30-2)23(17)34-25)14-18(26-28)16-7-8-20-22(13-16)33-15-32-20/h4-8,13,19H,3,9-12,14-15H2,1-2H3. The second kappa shape index (κ2) is 8.00. The van der Waals surface area contributed by atoms with Gasteiger partial charge in [0.05, 0.1) is 25.5 Å². The van der Waals surface area contributed by atoms with E-state index in [-0.39, 0.29) is 18.9 Å². The van der Waals surface area contributed by atoms with E-state index in [1.807, 2.05) is 37.3 Å². The molecule has 178 valence electrons. The van der Waals surface area contributed by atoms with Gasteiger partial charge in [-0.3, -0.25) is 0 Å². The van der Waals surface area contributed by atoms with Crippen molar-refractivity contribution >= 4 is 11.8 Å². The number of carbonyl (C=O) groups excluding carboxylic acids is 1. The van der Waals surface area contributed by atoms with Crippen LogP contribution >= 0.6 is 0 Å². The Hall–Kier alpha value is -3.62. The van der Waals surface area contributed by atoms with Crippen molar-refractivity contribution in [2.75, 3.05) is 33.6 Å². The lowest BCUT2D eigenvalue weighted by molar-refractivity contribution is -0.148. The van der Waals surface area contributed by atoms with Crippen LogP contribution in [0, 0.1) is 0 Å². The lowest BCUT2D eigenvalue weighted by Crippen LogP contribution is -2.59. The van der Waals surface area contributed by atoms with Crippen molar-refractivity contribution in [1.29, 1.82) is 0 Å². The molecule has 1 fully saturated rings. The number of amides is 1. The van der Waals surface area contributed by atoms with E-state index in [0.717, 1.165) is 40.5 Å². The molecule has 0 bridgehead atoms. The number of piperidine rings is 1. The van der Waals surface area contributed by atoms with Crippen molar-refractivity contribution < 1.29 is 28.5 Å². The molecule has 2 aromatic rings. The Bertz CT molecular complexity index is 1160. The molecule has 9 heteroatoms. The average Bonchev–Trinajstić information content (AvgIpc) is 3.52. The van der Waals surface area contributed by atoms with Crippen LogP contribution in [0.2, 0.25) is 0 Å². The largest absolute Gasteiger partial charge is 0.493 e. The molecule has 1 unspecified atom stereocenters. The molecule has 0 N–H and O–H groups in total. The third-order valence-electron chi connectivity index (χ3n) is 6.98. The van der Waals surface area contributed by atoms with Crippen molar-refractivity contribution in [2.24, 2.45) is 5.10 Å². The molecule has 1 atom stereocenters. The summed E-state index contributed by atoms with van der Waals surface area (Å²) >= 11 is 0. The summed E-state index contributed by atoms with van der Waals surface area (Å²) in [6.07, 6.45) is 1.66. The number of hydrogen-bond donors (Lipinski definition) is 0. The van der Waals surface area contributed by atoms with Gasteiger partial charge in [-0.1, -0.05) is 12.1 Å². The molecule has 4 heterocycles. The highest BCUT2D eigenvalue weighted by Gasteiger charge is 2.53. The van der Waals surface area contributed by atoms with Crippen molar-refractivity contribution in [1.82, 2.24) is 9.91 Å². The summed E-state index contributed by atoms with van der Waals surface area (Å²) in [4.78, 5) is 14.0. The third-order valence-corrected chi connectivity index (χ3v) is 6.98. The molecule has 1 spiro atoms. The Morgan fingerprint density at radius 2 is 2.00 bits per heavy atom. The van der Waals surface area contributed by atoms with Gasteiger partial charge in [-0.05, 0) is 31.2 Å². The van der Waals surface area contributed by atoms with E-state index in [0.29, 0.717) is 38.3 Å². The van der Waals surface area contributed by atoms with Crippen LogP contribution in [0.1, 0.15) is 43.4 Å². The predicted octanol–water partition coefficient (Wildman–Crippen LogP) is 3.92. The number of fused-ring (bicyclic) bond motifs is 5. The average molecular weight is 466 g/mol. The van der Waals surface area contributed by atoms with Gasteiger partial charge in [-0.2, -0.15) is 5.10 Å². The van der Waals surface area contributed by atoms with Crippen LogP contribution in [0.5, 0.6) is 23.0 Å². The van der Waals surface area contributed by atoms with Gasteiger partial charge in [0.1, 0.15) is 0 Å². The summed E-state index contributed by atoms with van der Waals surface area (Å²) in [5.41, 5.74) is 2.35. The maximum absolute atomic E-state index is 12.3. The van der Waals surface area contributed by atoms with E-state index in [1.165, 1.54) is 0 Å². The van der Waals surface area contributed by atoms with E-state index in [2.05, 4.69) is 11.1 Å². The van der Waals surface area contributed by atoms with Crippen molar-refractivity contribution in [3.05, 3.63) is 47.5 Å². The normalized spacial score (nSPS) is 21.5. The summed E-state index contributed by atoms with van der Waals surface area (Å²) in [5, 5.41) is 7.20. The Morgan fingerprint density at radius 3 is 2.79 bits per heavy atom. The first-order chi connectivity index (χ1) is 16.6. The molecule has 34 heavy (non-hydrogen) atoms. The first kappa shape index (κ1) is 20.9. The Labute approximate surface area is 197 Å². The maximum Gasteiger partial charge on any atom is 0.409 e. The van der Waals surface area contributed by atoms with Gasteiger partial charge in [0, 0.05) is 43.5 Å². The topological polar surface area (TPSA) is 82.1 Å². The highest BCUT2D eigenvalue weighted by Crippen LogP contribution is 2.53. The molecule has 0 aliphatic carbocycles. The number of methoxy groups -OCH3 is 1. The zero-order valence-corrected chi connectivity index (χ0v) is 19.3. The number of hydrogen-bond acceptors (Lipinski definition) is 8. The zero-order chi connectivity index (χ0) is 23.3. The maximum atomic E-state index is 12.3. The molecule has 1 saturated heterocycles. The molecule has 0 saturated carbocycles. The molecule has 0 aromatic heterocycles. The summed E-state index contributed by atoms with van der Waals surface area (Å²) in [5.74, 6) is 2.96. The second-order valence-electron chi connectivity index (χ2n) is 8.79. The van der Waals surface area contributed by atoms with Gasteiger partial charge in [-0.25, -0.2) is 9.80 Å². The van der Waals surface area contributed by atoms with Gasteiger partial charge in [0.2, 0.25) is 12.5 Å². The van der Waals surface area contributed by atoms with Crippen LogP contribution in [-0.4, -0.2) is 61.0 Å². The fourth-order valence-electron chi connectivity index (χ4n) is 5.27. The number of likely N-dealkylation sites (tertiary alicyclic amines) is 1. The molecule has 6 rings (SSSR count).